The Hall–Kier alpha value is 0.120. The molecule has 1 N–H and O–H groups in total. The molecule has 2 aliphatic rings. The SMILES string of the molecule is C[C@H]1CN(S(=O)(=O)C2CCCOC2)CCN1.Cl. The maximum absolute atomic E-state index is 12.3. The van der Waals surface area contributed by atoms with Gasteiger partial charge in [0.25, 0.3) is 0 Å². The fourth-order valence-electron chi connectivity index (χ4n) is 2.28. The quantitative estimate of drug-likeness (QED) is 0.788. The molecule has 17 heavy (non-hydrogen) atoms. The minimum atomic E-state index is -3.15. The number of nitrogens with zero attached hydrogens (tertiary/aromatic N) is 1. The Morgan fingerprint density at radius 2 is 2.18 bits per heavy atom. The first-order valence-electron chi connectivity index (χ1n) is 5.91. The lowest BCUT2D eigenvalue weighted by Gasteiger charge is -2.34. The molecule has 2 aliphatic heterocycles. The van der Waals surface area contributed by atoms with E-state index in [2.05, 4.69) is 5.32 Å². The number of sulfonamides is 1. The van der Waals surface area contributed by atoms with Crippen LogP contribution in [0.5, 0.6) is 0 Å². The number of rotatable bonds is 2. The van der Waals surface area contributed by atoms with Crippen LogP contribution >= 0.6 is 12.4 Å². The lowest BCUT2D eigenvalue weighted by molar-refractivity contribution is 0.0970. The van der Waals surface area contributed by atoms with Crippen molar-refractivity contribution in [3.05, 3.63) is 0 Å². The van der Waals surface area contributed by atoms with Gasteiger partial charge in [0.05, 0.1) is 11.9 Å². The zero-order valence-corrected chi connectivity index (χ0v) is 11.7. The molecule has 0 aromatic rings. The van der Waals surface area contributed by atoms with Crippen molar-refractivity contribution in [2.75, 3.05) is 32.8 Å². The predicted octanol–water partition coefficient (Wildman–Crippen LogP) is 0.211. The van der Waals surface area contributed by atoms with Crippen molar-refractivity contribution in [3.63, 3.8) is 0 Å². The first-order valence-corrected chi connectivity index (χ1v) is 7.41. The van der Waals surface area contributed by atoms with Crippen molar-refractivity contribution in [2.24, 2.45) is 0 Å². The van der Waals surface area contributed by atoms with Crippen LogP contribution in [0.4, 0.5) is 0 Å². The van der Waals surface area contributed by atoms with Crippen LogP contribution in [0.2, 0.25) is 0 Å². The lowest BCUT2D eigenvalue weighted by atomic mass is 10.2. The van der Waals surface area contributed by atoms with E-state index in [0.29, 0.717) is 26.3 Å². The molecule has 2 saturated heterocycles. The summed E-state index contributed by atoms with van der Waals surface area (Å²) in [6.07, 6.45) is 1.59. The summed E-state index contributed by atoms with van der Waals surface area (Å²) >= 11 is 0. The zero-order valence-electron chi connectivity index (χ0n) is 10.1. The lowest BCUT2D eigenvalue weighted by Crippen LogP contribution is -2.54. The largest absolute Gasteiger partial charge is 0.380 e. The fourth-order valence-corrected chi connectivity index (χ4v) is 4.22. The summed E-state index contributed by atoms with van der Waals surface area (Å²) in [4.78, 5) is 0. The Morgan fingerprint density at radius 3 is 2.76 bits per heavy atom. The zero-order chi connectivity index (χ0) is 11.6. The van der Waals surface area contributed by atoms with E-state index in [9.17, 15) is 8.42 Å². The van der Waals surface area contributed by atoms with E-state index in [0.717, 1.165) is 19.4 Å². The van der Waals surface area contributed by atoms with Gasteiger partial charge in [-0.2, -0.15) is 4.31 Å². The molecule has 0 amide bonds. The topological polar surface area (TPSA) is 58.6 Å². The summed E-state index contributed by atoms with van der Waals surface area (Å²) in [7, 11) is -3.15. The summed E-state index contributed by atoms with van der Waals surface area (Å²) in [5.41, 5.74) is 0. The molecule has 2 heterocycles. The Labute approximate surface area is 109 Å². The van der Waals surface area contributed by atoms with Gasteiger partial charge in [0.1, 0.15) is 0 Å². The highest BCUT2D eigenvalue weighted by Crippen LogP contribution is 2.19. The summed E-state index contributed by atoms with van der Waals surface area (Å²) in [6.45, 7) is 4.99. The maximum Gasteiger partial charge on any atom is 0.219 e. The number of ether oxygens (including phenoxy) is 1. The van der Waals surface area contributed by atoms with Crippen LogP contribution in [0.1, 0.15) is 19.8 Å². The van der Waals surface area contributed by atoms with Gasteiger partial charge in [0.2, 0.25) is 10.0 Å². The maximum atomic E-state index is 12.3. The second-order valence-corrected chi connectivity index (χ2v) is 6.81. The average Bonchev–Trinajstić information content (AvgIpc) is 2.30. The highest BCUT2D eigenvalue weighted by Gasteiger charge is 2.35. The summed E-state index contributed by atoms with van der Waals surface area (Å²) in [6, 6.07) is 0.244. The molecule has 0 bridgehead atoms. The van der Waals surface area contributed by atoms with Crippen LogP contribution < -0.4 is 5.32 Å². The molecule has 2 atom stereocenters. The molecule has 2 fully saturated rings. The summed E-state index contributed by atoms with van der Waals surface area (Å²) in [5, 5.41) is 2.92. The van der Waals surface area contributed by atoms with Gasteiger partial charge >= 0.3 is 0 Å². The molecule has 0 aliphatic carbocycles. The Morgan fingerprint density at radius 1 is 1.41 bits per heavy atom. The molecule has 0 spiro atoms. The molecule has 102 valence electrons. The van der Waals surface area contributed by atoms with Crippen LogP contribution in [0, 0.1) is 0 Å². The van der Waals surface area contributed by atoms with E-state index in [1.54, 1.807) is 4.31 Å². The summed E-state index contributed by atoms with van der Waals surface area (Å²) in [5.74, 6) is 0. The number of halogens is 1. The van der Waals surface area contributed by atoms with E-state index < -0.39 is 10.0 Å². The third-order valence-electron chi connectivity index (χ3n) is 3.23. The fraction of sp³-hybridized carbons (Fsp3) is 1.00. The van der Waals surface area contributed by atoms with Gasteiger partial charge < -0.3 is 10.1 Å². The van der Waals surface area contributed by atoms with Gasteiger partial charge in [-0.25, -0.2) is 8.42 Å². The van der Waals surface area contributed by atoms with Gasteiger partial charge in [-0.05, 0) is 19.8 Å². The Balaban J connectivity index is 0.00000144. The van der Waals surface area contributed by atoms with Crippen molar-refractivity contribution < 1.29 is 13.2 Å². The molecule has 0 saturated carbocycles. The van der Waals surface area contributed by atoms with Crippen molar-refractivity contribution in [1.82, 2.24) is 9.62 Å². The smallest absolute Gasteiger partial charge is 0.219 e. The second kappa shape index (κ2) is 6.33. The third kappa shape index (κ3) is 3.54. The molecular formula is C10H21ClN2O3S. The minimum absolute atomic E-state index is 0. The first-order chi connectivity index (χ1) is 7.60. The van der Waals surface area contributed by atoms with Crippen LogP contribution in [0.3, 0.4) is 0 Å². The molecule has 1 unspecified atom stereocenters. The molecule has 0 aromatic carbocycles. The van der Waals surface area contributed by atoms with Crippen LogP contribution in [-0.2, 0) is 14.8 Å². The van der Waals surface area contributed by atoms with Gasteiger partial charge in [-0.15, -0.1) is 12.4 Å². The van der Waals surface area contributed by atoms with E-state index >= 15 is 0 Å². The number of hydrogen-bond acceptors (Lipinski definition) is 4. The molecule has 0 aromatic heterocycles. The second-order valence-electron chi connectivity index (χ2n) is 4.60. The van der Waals surface area contributed by atoms with Crippen molar-refractivity contribution in [3.8, 4) is 0 Å². The minimum Gasteiger partial charge on any atom is -0.380 e. The highest BCUT2D eigenvalue weighted by atomic mass is 35.5. The standard InChI is InChI=1S/C10H20N2O3S.ClH/c1-9-7-12(5-4-11-9)16(13,14)10-3-2-6-15-8-10;/h9-11H,2-8H2,1H3;1H/t9-,10?;/m0./s1. The van der Waals surface area contributed by atoms with E-state index in [1.807, 2.05) is 6.92 Å². The van der Waals surface area contributed by atoms with Crippen LogP contribution in [0.15, 0.2) is 0 Å². The Bertz CT molecular complexity index is 330. The number of nitrogens with one attached hydrogen (secondary N) is 1. The van der Waals surface area contributed by atoms with Gasteiger partial charge in [-0.3, -0.25) is 0 Å². The van der Waals surface area contributed by atoms with Crippen molar-refractivity contribution in [2.45, 2.75) is 31.1 Å². The molecule has 7 heteroatoms. The van der Waals surface area contributed by atoms with Crippen molar-refractivity contribution >= 4 is 22.4 Å². The van der Waals surface area contributed by atoms with E-state index in [-0.39, 0.29) is 23.7 Å². The molecule has 2 rings (SSSR count). The summed E-state index contributed by atoms with van der Waals surface area (Å²) < 4.78 is 31.5. The molecule has 5 nitrogen and oxygen atoms in total. The van der Waals surface area contributed by atoms with Crippen LogP contribution in [0.25, 0.3) is 0 Å². The first kappa shape index (κ1) is 15.2. The number of piperazine rings is 1. The normalized spacial score (nSPS) is 31.8. The van der Waals surface area contributed by atoms with E-state index in [4.69, 9.17) is 4.74 Å². The number of hydrogen-bond donors (Lipinski definition) is 1. The monoisotopic (exact) mass is 284 g/mol. The molecule has 0 radical (unpaired) electrons. The van der Waals surface area contributed by atoms with Crippen molar-refractivity contribution in [1.29, 1.82) is 0 Å². The van der Waals surface area contributed by atoms with Crippen LogP contribution in [-0.4, -0.2) is 56.9 Å². The highest BCUT2D eigenvalue weighted by molar-refractivity contribution is 7.89. The molecular weight excluding hydrogens is 264 g/mol. The average molecular weight is 285 g/mol. The van der Waals surface area contributed by atoms with E-state index in [1.165, 1.54) is 0 Å². The van der Waals surface area contributed by atoms with Gasteiger partial charge in [0.15, 0.2) is 0 Å². The third-order valence-corrected chi connectivity index (χ3v) is 5.50. The Kier molecular flexibility index (Phi) is 5.66. The van der Waals surface area contributed by atoms with Gasteiger partial charge in [0, 0.05) is 32.3 Å². The van der Waals surface area contributed by atoms with Gasteiger partial charge in [-0.1, -0.05) is 0 Å². The predicted molar refractivity (Wildman–Crippen MR) is 69.0 cm³/mol.